The Balaban J connectivity index is 0. The van der Waals surface area contributed by atoms with Gasteiger partial charge in [-0.2, -0.15) is 0 Å². The van der Waals surface area contributed by atoms with Gasteiger partial charge in [0.15, 0.2) is 0 Å². The fraction of sp³-hybridized carbons (Fsp3) is 0.917. The molecule has 0 spiro atoms. The van der Waals surface area contributed by atoms with Crippen molar-refractivity contribution in [3.8, 4) is 0 Å². The molecule has 2 N–H and O–H groups in total. The molecule has 0 aliphatic carbocycles. The van der Waals surface area contributed by atoms with E-state index in [0.29, 0.717) is 18.4 Å². The van der Waals surface area contributed by atoms with Crippen LogP contribution in [-0.2, 0) is 4.79 Å². The second-order valence-electron chi connectivity index (χ2n) is 5.01. The van der Waals surface area contributed by atoms with Crippen LogP contribution in [0.15, 0.2) is 0 Å². The lowest BCUT2D eigenvalue weighted by molar-refractivity contribution is -0.121. The summed E-state index contributed by atoms with van der Waals surface area (Å²) in [4.78, 5) is 13.7. The number of hydrogen-bond acceptors (Lipinski definition) is 3. The molecule has 1 aliphatic heterocycles. The number of amides is 1. The van der Waals surface area contributed by atoms with E-state index < -0.39 is 0 Å². The average Bonchev–Trinajstić information content (AvgIpc) is 2.75. The quantitative estimate of drug-likeness (QED) is 0.777. The lowest BCUT2D eigenvalue weighted by Crippen LogP contribution is -2.38. The maximum Gasteiger partial charge on any atom is 0.220 e. The van der Waals surface area contributed by atoms with Gasteiger partial charge in [-0.3, -0.25) is 4.79 Å². The van der Waals surface area contributed by atoms with Crippen LogP contribution in [0.25, 0.3) is 0 Å². The molecule has 1 fully saturated rings. The zero-order valence-electron chi connectivity index (χ0n) is 11.6. The number of carbonyl (C=O) groups is 1. The summed E-state index contributed by atoms with van der Waals surface area (Å²) in [5.41, 5.74) is 0. The highest BCUT2D eigenvalue weighted by atomic mass is 35.5. The molecular weight excluding hydrogens is 273 g/mol. The second kappa shape index (κ2) is 10.9. The van der Waals surface area contributed by atoms with E-state index in [1.807, 2.05) is 14.1 Å². The van der Waals surface area contributed by atoms with Crippen molar-refractivity contribution >= 4 is 30.7 Å². The minimum Gasteiger partial charge on any atom is -0.355 e. The molecule has 18 heavy (non-hydrogen) atoms. The zero-order chi connectivity index (χ0) is 12.0. The predicted molar refractivity (Wildman–Crippen MR) is 80.9 cm³/mol. The third-order valence-corrected chi connectivity index (χ3v) is 3.42. The Labute approximate surface area is 123 Å². The minimum absolute atomic E-state index is 0. The maximum absolute atomic E-state index is 11.6. The summed E-state index contributed by atoms with van der Waals surface area (Å²) < 4.78 is 0. The minimum atomic E-state index is 0. The van der Waals surface area contributed by atoms with E-state index in [9.17, 15) is 4.79 Å². The molecule has 2 unspecified atom stereocenters. The van der Waals surface area contributed by atoms with Gasteiger partial charge in [0.1, 0.15) is 0 Å². The fourth-order valence-electron chi connectivity index (χ4n) is 1.83. The molecule has 1 heterocycles. The van der Waals surface area contributed by atoms with Crippen molar-refractivity contribution in [3.05, 3.63) is 0 Å². The highest BCUT2D eigenvalue weighted by Crippen LogP contribution is 2.13. The first kappa shape index (κ1) is 20.3. The van der Waals surface area contributed by atoms with E-state index in [4.69, 9.17) is 0 Å². The van der Waals surface area contributed by atoms with Crippen LogP contribution in [0.4, 0.5) is 0 Å². The maximum atomic E-state index is 11.6. The number of nitrogens with zero attached hydrogens (tertiary/aromatic N) is 1. The highest BCUT2D eigenvalue weighted by Gasteiger charge is 2.15. The molecule has 0 radical (unpaired) electrons. The van der Waals surface area contributed by atoms with Gasteiger partial charge in [-0.25, -0.2) is 0 Å². The van der Waals surface area contributed by atoms with Gasteiger partial charge in [-0.05, 0) is 52.9 Å². The van der Waals surface area contributed by atoms with Gasteiger partial charge in [0.2, 0.25) is 5.91 Å². The van der Waals surface area contributed by atoms with Crippen molar-refractivity contribution in [2.24, 2.45) is 5.92 Å². The third-order valence-electron chi connectivity index (χ3n) is 3.42. The standard InChI is InChI=1S/C12H25N3O.2ClH/c1-10(15(2)3)8-14-12(16)5-4-11-6-7-13-9-11;;/h10-11,13H,4-9H2,1-3H3,(H,14,16);2*1H. The summed E-state index contributed by atoms with van der Waals surface area (Å²) in [5.74, 6) is 0.901. The molecule has 0 aromatic rings. The molecule has 0 aromatic carbocycles. The zero-order valence-corrected chi connectivity index (χ0v) is 13.2. The van der Waals surface area contributed by atoms with Crippen LogP contribution in [-0.4, -0.2) is 50.6 Å². The number of carbonyl (C=O) groups excluding carboxylic acids is 1. The van der Waals surface area contributed by atoms with Crippen LogP contribution < -0.4 is 10.6 Å². The van der Waals surface area contributed by atoms with Gasteiger partial charge in [-0.15, -0.1) is 24.8 Å². The highest BCUT2D eigenvalue weighted by molar-refractivity contribution is 5.85. The van der Waals surface area contributed by atoms with Gasteiger partial charge in [-0.1, -0.05) is 0 Å². The summed E-state index contributed by atoms with van der Waals surface area (Å²) in [6.45, 7) is 5.06. The Morgan fingerprint density at radius 1 is 1.44 bits per heavy atom. The van der Waals surface area contributed by atoms with E-state index in [1.165, 1.54) is 6.42 Å². The molecular formula is C12H27Cl2N3O. The van der Waals surface area contributed by atoms with Gasteiger partial charge in [0.25, 0.3) is 0 Å². The Kier molecular flexibility index (Phi) is 12.2. The first-order valence-electron chi connectivity index (χ1n) is 6.23. The molecule has 1 amide bonds. The average molecular weight is 300 g/mol. The monoisotopic (exact) mass is 299 g/mol. The Morgan fingerprint density at radius 3 is 2.61 bits per heavy atom. The molecule has 1 aliphatic rings. The van der Waals surface area contributed by atoms with Gasteiger partial charge in [0, 0.05) is 19.0 Å². The van der Waals surface area contributed by atoms with Crippen LogP contribution in [0.3, 0.4) is 0 Å². The van der Waals surface area contributed by atoms with E-state index in [0.717, 1.165) is 26.1 Å². The van der Waals surface area contributed by atoms with Crippen molar-refractivity contribution in [2.75, 3.05) is 33.7 Å². The first-order chi connectivity index (χ1) is 7.59. The Morgan fingerprint density at radius 2 is 2.11 bits per heavy atom. The molecule has 0 bridgehead atoms. The second-order valence-corrected chi connectivity index (χ2v) is 5.01. The number of rotatable bonds is 6. The van der Waals surface area contributed by atoms with Crippen LogP contribution in [0.5, 0.6) is 0 Å². The smallest absolute Gasteiger partial charge is 0.220 e. The number of nitrogens with one attached hydrogen (secondary N) is 2. The van der Waals surface area contributed by atoms with Crippen molar-refractivity contribution in [1.82, 2.24) is 15.5 Å². The topological polar surface area (TPSA) is 44.4 Å². The van der Waals surface area contributed by atoms with E-state index in [-0.39, 0.29) is 30.7 Å². The SMILES string of the molecule is CC(CNC(=O)CCC1CCNC1)N(C)C.Cl.Cl. The summed E-state index contributed by atoms with van der Waals surface area (Å²) in [5, 5.41) is 6.31. The van der Waals surface area contributed by atoms with Gasteiger partial charge >= 0.3 is 0 Å². The molecule has 0 aromatic heterocycles. The van der Waals surface area contributed by atoms with Crippen molar-refractivity contribution in [1.29, 1.82) is 0 Å². The lowest BCUT2D eigenvalue weighted by Gasteiger charge is -2.20. The number of halogens is 2. The molecule has 6 heteroatoms. The summed E-state index contributed by atoms with van der Waals surface area (Å²) in [7, 11) is 4.06. The molecule has 1 saturated heterocycles. The van der Waals surface area contributed by atoms with Gasteiger partial charge in [0.05, 0.1) is 0 Å². The van der Waals surface area contributed by atoms with E-state index in [2.05, 4.69) is 22.5 Å². The normalized spacial score (nSPS) is 19.9. The third kappa shape index (κ3) is 8.14. The predicted octanol–water partition coefficient (Wildman–Crippen LogP) is 1.29. The molecule has 1 rings (SSSR count). The molecule has 4 nitrogen and oxygen atoms in total. The van der Waals surface area contributed by atoms with Crippen molar-refractivity contribution in [2.45, 2.75) is 32.2 Å². The number of hydrogen-bond donors (Lipinski definition) is 2. The first-order valence-corrected chi connectivity index (χ1v) is 6.23. The Bertz CT molecular complexity index is 213. The van der Waals surface area contributed by atoms with Crippen molar-refractivity contribution in [3.63, 3.8) is 0 Å². The summed E-state index contributed by atoms with van der Waals surface area (Å²) >= 11 is 0. The van der Waals surface area contributed by atoms with Gasteiger partial charge < -0.3 is 15.5 Å². The van der Waals surface area contributed by atoms with Crippen LogP contribution in [0, 0.1) is 5.92 Å². The Hall–Kier alpha value is -0.0300. The lowest BCUT2D eigenvalue weighted by atomic mass is 10.0. The fourth-order valence-corrected chi connectivity index (χ4v) is 1.83. The summed E-state index contributed by atoms with van der Waals surface area (Å²) in [6, 6.07) is 0.400. The largest absolute Gasteiger partial charge is 0.355 e. The molecule has 0 saturated carbocycles. The van der Waals surface area contributed by atoms with Crippen molar-refractivity contribution < 1.29 is 4.79 Å². The van der Waals surface area contributed by atoms with Crippen LogP contribution in [0.1, 0.15) is 26.2 Å². The summed E-state index contributed by atoms with van der Waals surface area (Å²) in [6.07, 6.45) is 2.92. The van der Waals surface area contributed by atoms with Crippen LogP contribution in [0.2, 0.25) is 0 Å². The number of likely N-dealkylation sites (N-methyl/N-ethyl adjacent to an activating group) is 1. The van der Waals surface area contributed by atoms with E-state index in [1.54, 1.807) is 0 Å². The van der Waals surface area contributed by atoms with E-state index >= 15 is 0 Å². The molecule has 110 valence electrons. The van der Waals surface area contributed by atoms with Crippen LogP contribution >= 0.6 is 24.8 Å². The molecule has 2 atom stereocenters.